The van der Waals surface area contributed by atoms with Gasteiger partial charge in [-0.25, -0.2) is 0 Å². The van der Waals surface area contributed by atoms with E-state index in [-0.39, 0.29) is 0 Å². The Morgan fingerprint density at radius 3 is 2.57 bits per heavy atom. The predicted octanol–water partition coefficient (Wildman–Crippen LogP) is 2.65. The minimum absolute atomic E-state index is 0.619. The summed E-state index contributed by atoms with van der Waals surface area (Å²) in [5.41, 5.74) is 9.58. The quantitative estimate of drug-likeness (QED) is 0.719. The second-order valence-electron chi connectivity index (χ2n) is 3.62. The van der Waals surface area contributed by atoms with Crippen LogP contribution in [0.4, 0.5) is 0 Å². The zero-order chi connectivity index (χ0) is 9.54. The summed E-state index contributed by atoms with van der Waals surface area (Å²) in [6, 6.07) is 12.8. The van der Waals surface area contributed by atoms with Crippen molar-refractivity contribution in [2.45, 2.75) is 0 Å². The van der Waals surface area contributed by atoms with E-state index in [1.54, 1.807) is 0 Å². The molecular weight excluding hydrogens is 170 g/mol. The molecule has 14 heavy (non-hydrogen) atoms. The lowest BCUT2D eigenvalue weighted by Crippen LogP contribution is -1.99. The van der Waals surface area contributed by atoms with E-state index in [1.165, 1.54) is 27.5 Å². The Morgan fingerprint density at radius 2 is 1.79 bits per heavy atom. The zero-order valence-electron chi connectivity index (χ0n) is 7.83. The van der Waals surface area contributed by atoms with Gasteiger partial charge < -0.3 is 5.73 Å². The molecule has 1 aliphatic carbocycles. The Balaban J connectivity index is 2.46. The third-order valence-corrected chi connectivity index (χ3v) is 2.83. The van der Waals surface area contributed by atoms with Crippen LogP contribution in [0.15, 0.2) is 36.4 Å². The molecular formula is C13H11N. The fourth-order valence-corrected chi connectivity index (χ4v) is 2.19. The summed E-state index contributed by atoms with van der Waals surface area (Å²) in [6.07, 6.45) is 2.19. The lowest BCUT2D eigenvalue weighted by atomic mass is 10.0. The molecule has 0 fully saturated rings. The van der Waals surface area contributed by atoms with Crippen molar-refractivity contribution in [1.82, 2.24) is 0 Å². The summed E-state index contributed by atoms with van der Waals surface area (Å²) in [6.45, 7) is 0.619. The maximum atomic E-state index is 5.72. The molecule has 0 saturated carbocycles. The average molecular weight is 181 g/mol. The van der Waals surface area contributed by atoms with Crippen molar-refractivity contribution in [2.75, 3.05) is 6.54 Å². The van der Waals surface area contributed by atoms with Crippen LogP contribution >= 0.6 is 0 Å². The number of hydrogen-bond donors (Lipinski definition) is 1. The summed E-state index contributed by atoms with van der Waals surface area (Å²) in [7, 11) is 0. The Morgan fingerprint density at radius 1 is 1.00 bits per heavy atom. The highest BCUT2D eigenvalue weighted by Crippen LogP contribution is 2.35. The first-order valence-corrected chi connectivity index (χ1v) is 4.83. The van der Waals surface area contributed by atoms with Crippen molar-refractivity contribution < 1.29 is 0 Å². The van der Waals surface area contributed by atoms with E-state index in [0.29, 0.717) is 6.54 Å². The van der Waals surface area contributed by atoms with Crippen LogP contribution in [-0.2, 0) is 0 Å². The highest BCUT2D eigenvalue weighted by atomic mass is 14.5. The molecule has 2 N–H and O–H groups in total. The first-order valence-electron chi connectivity index (χ1n) is 4.83. The van der Waals surface area contributed by atoms with E-state index in [2.05, 4.69) is 42.5 Å². The lowest BCUT2D eigenvalue weighted by molar-refractivity contribution is 1.28. The second-order valence-corrected chi connectivity index (χ2v) is 3.62. The molecule has 0 atom stereocenters. The van der Waals surface area contributed by atoms with Crippen LogP contribution in [0.5, 0.6) is 0 Å². The maximum Gasteiger partial charge on any atom is 0.0184 e. The van der Waals surface area contributed by atoms with Gasteiger partial charge in [0.15, 0.2) is 0 Å². The van der Waals surface area contributed by atoms with Crippen LogP contribution in [0.3, 0.4) is 0 Å². The van der Waals surface area contributed by atoms with Crippen molar-refractivity contribution in [2.24, 2.45) is 5.73 Å². The predicted molar refractivity (Wildman–Crippen MR) is 60.9 cm³/mol. The van der Waals surface area contributed by atoms with E-state index in [4.69, 9.17) is 5.73 Å². The van der Waals surface area contributed by atoms with Crippen LogP contribution < -0.4 is 5.73 Å². The van der Waals surface area contributed by atoms with Gasteiger partial charge >= 0.3 is 0 Å². The smallest absolute Gasteiger partial charge is 0.0184 e. The minimum Gasteiger partial charge on any atom is -0.326 e. The highest BCUT2D eigenvalue weighted by Gasteiger charge is 2.13. The number of rotatable bonds is 1. The molecule has 1 nitrogen and oxygen atoms in total. The first-order chi connectivity index (χ1) is 6.90. The molecule has 1 aliphatic rings. The first kappa shape index (κ1) is 7.77. The minimum atomic E-state index is 0.619. The average Bonchev–Trinajstić information content (AvgIpc) is 2.60. The van der Waals surface area contributed by atoms with E-state index in [9.17, 15) is 0 Å². The van der Waals surface area contributed by atoms with E-state index >= 15 is 0 Å². The number of hydrogen-bond acceptors (Lipinski definition) is 1. The molecule has 0 saturated heterocycles. The zero-order valence-corrected chi connectivity index (χ0v) is 7.83. The number of nitrogens with two attached hydrogens (primary N) is 1. The van der Waals surface area contributed by atoms with Crippen LogP contribution in [0, 0.1) is 0 Å². The molecule has 68 valence electrons. The van der Waals surface area contributed by atoms with Gasteiger partial charge in [0.25, 0.3) is 0 Å². The van der Waals surface area contributed by atoms with Crippen LogP contribution in [0.1, 0.15) is 11.1 Å². The van der Waals surface area contributed by atoms with Crippen LogP contribution in [0.25, 0.3) is 22.4 Å². The summed E-state index contributed by atoms with van der Waals surface area (Å²) in [5, 5.41) is 2.66. The SMILES string of the molecule is NCC1=Cc2cccc3cccc1c23. The molecule has 0 aromatic heterocycles. The molecule has 0 heterocycles. The van der Waals surface area contributed by atoms with Crippen LogP contribution in [0.2, 0.25) is 0 Å². The van der Waals surface area contributed by atoms with E-state index < -0.39 is 0 Å². The lowest BCUT2D eigenvalue weighted by Gasteiger charge is -2.02. The van der Waals surface area contributed by atoms with Gasteiger partial charge in [-0.1, -0.05) is 36.4 Å². The Hall–Kier alpha value is -1.60. The van der Waals surface area contributed by atoms with Gasteiger partial charge in [-0.15, -0.1) is 0 Å². The van der Waals surface area contributed by atoms with E-state index in [0.717, 1.165) is 0 Å². The molecule has 0 unspecified atom stereocenters. The fourth-order valence-electron chi connectivity index (χ4n) is 2.19. The van der Waals surface area contributed by atoms with Crippen molar-refractivity contribution >= 4 is 22.4 Å². The number of benzene rings is 2. The summed E-state index contributed by atoms with van der Waals surface area (Å²) in [5.74, 6) is 0. The monoisotopic (exact) mass is 181 g/mol. The fraction of sp³-hybridized carbons (Fsp3) is 0.0769. The largest absolute Gasteiger partial charge is 0.326 e. The third-order valence-electron chi connectivity index (χ3n) is 2.83. The Labute approximate surface area is 82.9 Å². The standard InChI is InChI=1S/C13H11N/c14-8-11-7-10-5-1-3-9-4-2-6-12(11)13(9)10/h1-7H,8,14H2. The Kier molecular flexibility index (Phi) is 1.49. The molecule has 2 aromatic carbocycles. The maximum absolute atomic E-state index is 5.72. The molecule has 0 amide bonds. The second kappa shape index (κ2) is 2.69. The molecule has 0 spiro atoms. The topological polar surface area (TPSA) is 26.0 Å². The van der Waals surface area contributed by atoms with Crippen LogP contribution in [-0.4, -0.2) is 6.54 Å². The van der Waals surface area contributed by atoms with Gasteiger partial charge in [-0.05, 0) is 33.5 Å². The van der Waals surface area contributed by atoms with E-state index in [1.807, 2.05) is 0 Å². The normalized spacial score (nSPS) is 13.4. The highest BCUT2D eigenvalue weighted by molar-refractivity contribution is 6.09. The van der Waals surface area contributed by atoms with Gasteiger partial charge in [0.2, 0.25) is 0 Å². The molecule has 0 aliphatic heterocycles. The van der Waals surface area contributed by atoms with Gasteiger partial charge in [0.1, 0.15) is 0 Å². The molecule has 0 radical (unpaired) electrons. The summed E-state index contributed by atoms with van der Waals surface area (Å²) in [4.78, 5) is 0. The summed E-state index contributed by atoms with van der Waals surface area (Å²) < 4.78 is 0. The van der Waals surface area contributed by atoms with Gasteiger partial charge in [-0.2, -0.15) is 0 Å². The third kappa shape index (κ3) is 0.875. The van der Waals surface area contributed by atoms with Crippen molar-refractivity contribution in [1.29, 1.82) is 0 Å². The van der Waals surface area contributed by atoms with Gasteiger partial charge in [0, 0.05) is 6.54 Å². The molecule has 3 rings (SSSR count). The molecule has 2 aromatic rings. The van der Waals surface area contributed by atoms with Gasteiger partial charge in [-0.3, -0.25) is 0 Å². The van der Waals surface area contributed by atoms with Crippen molar-refractivity contribution in [3.05, 3.63) is 47.5 Å². The summed E-state index contributed by atoms with van der Waals surface area (Å²) >= 11 is 0. The molecule has 0 bridgehead atoms. The molecule has 1 heteroatoms. The van der Waals surface area contributed by atoms with Crippen molar-refractivity contribution in [3.63, 3.8) is 0 Å². The van der Waals surface area contributed by atoms with Crippen molar-refractivity contribution in [3.8, 4) is 0 Å². The van der Waals surface area contributed by atoms with Gasteiger partial charge in [0.05, 0.1) is 0 Å². The Bertz CT molecular complexity index is 533.